The van der Waals surface area contributed by atoms with Crippen LogP contribution < -0.4 is 0 Å². The largest absolute Gasteiger partial charge is 0.368 e. The van der Waals surface area contributed by atoms with Gasteiger partial charge in [-0.05, 0) is 48.8 Å². The number of carbonyl (C=O) groups is 1. The van der Waals surface area contributed by atoms with Gasteiger partial charge >= 0.3 is 0 Å². The van der Waals surface area contributed by atoms with Crippen LogP contribution >= 0.6 is 0 Å². The predicted octanol–water partition coefficient (Wildman–Crippen LogP) is 3.56. The average molecular weight is 278 g/mol. The second-order valence-electron chi connectivity index (χ2n) is 5.56. The van der Waals surface area contributed by atoms with E-state index in [1.165, 1.54) is 10.9 Å². The molecule has 0 spiro atoms. The molecule has 1 aromatic heterocycles. The Morgan fingerprint density at radius 3 is 2.76 bits per heavy atom. The standard InChI is InChI=1S/C18H18N2O/c1-12(13(2)11-21)8-17-18-15(10-20(17)3)9-14-6-4-5-7-16(14)19-18/h4-9,11H,10H2,1-3H3/b13-12-,17-8-. The molecule has 1 aromatic carbocycles. The summed E-state index contributed by atoms with van der Waals surface area (Å²) in [6.45, 7) is 4.65. The molecule has 0 saturated heterocycles. The lowest BCUT2D eigenvalue weighted by atomic mass is 10.1. The minimum absolute atomic E-state index is 0.755. The summed E-state index contributed by atoms with van der Waals surface area (Å²) in [5.41, 5.74) is 6.08. The maximum absolute atomic E-state index is 10.9. The number of carbonyl (C=O) groups excluding carboxylic acids is 1. The van der Waals surface area contributed by atoms with Gasteiger partial charge in [0.05, 0.1) is 16.9 Å². The average Bonchev–Trinajstić information content (AvgIpc) is 2.79. The van der Waals surface area contributed by atoms with Crippen LogP contribution in [-0.4, -0.2) is 23.2 Å². The summed E-state index contributed by atoms with van der Waals surface area (Å²) in [5, 5.41) is 1.17. The van der Waals surface area contributed by atoms with Gasteiger partial charge in [-0.15, -0.1) is 0 Å². The zero-order chi connectivity index (χ0) is 15.0. The Hall–Kier alpha value is -2.42. The Labute approximate surface area is 124 Å². The molecule has 1 aliphatic rings. The maximum Gasteiger partial charge on any atom is 0.146 e. The molecule has 0 N–H and O–H groups in total. The lowest BCUT2D eigenvalue weighted by Gasteiger charge is -2.13. The van der Waals surface area contributed by atoms with Crippen LogP contribution in [0.3, 0.4) is 0 Å². The fourth-order valence-electron chi connectivity index (χ4n) is 2.61. The number of hydrogen-bond acceptors (Lipinski definition) is 3. The minimum atomic E-state index is 0.755. The third kappa shape index (κ3) is 2.35. The van der Waals surface area contributed by atoms with Crippen molar-refractivity contribution in [3.63, 3.8) is 0 Å². The van der Waals surface area contributed by atoms with E-state index < -0.39 is 0 Å². The molecule has 3 nitrogen and oxygen atoms in total. The van der Waals surface area contributed by atoms with E-state index >= 15 is 0 Å². The maximum atomic E-state index is 10.9. The molecule has 3 heteroatoms. The van der Waals surface area contributed by atoms with Crippen molar-refractivity contribution in [1.29, 1.82) is 0 Å². The van der Waals surface area contributed by atoms with Gasteiger partial charge in [0.15, 0.2) is 0 Å². The predicted molar refractivity (Wildman–Crippen MR) is 85.6 cm³/mol. The zero-order valence-corrected chi connectivity index (χ0v) is 12.6. The smallest absolute Gasteiger partial charge is 0.146 e. The van der Waals surface area contributed by atoms with Gasteiger partial charge in [0.2, 0.25) is 0 Å². The van der Waals surface area contributed by atoms with Crippen LogP contribution in [0.15, 0.2) is 47.6 Å². The van der Waals surface area contributed by atoms with Crippen molar-refractivity contribution in [2.24, 2.45) is 0 Å². The molecule has 2 aromatic rings. The lowest BCUT2D eigenvalue weighted by molar-refractivity contribution is -0.104. The third-order valence-electron chi connectivity index (χ3n) is 4.02. The molecule has 0 saturated carbocycles. The highest BCUT2D eigenvalue weighted by molar-refractivity contribution is 5.84. The lowest BCUT2D eigenvalue weighted by Crippen LogP contribution is -2.08. The number of benzene rings is 1. The summed E-state index contributed by atoms with van der Waals surface area (Å²) in [6, 6.07) is 10.4. The zero-order valence-electron chi connectivity index (χ0n) is 12.6. The van der Waals surface area contributed by atoms with Crippen LogP contribution in [0.25, 0.3) is 16.6 Å². The number of aromatic nitrogens is 1. The first-order valence-electron chi connectivity index (χ1n) is 7.04. The van der Waals surface area contributed by atoms with E-state index in [1.54, 1.807) is 0 Å². The van der Waals surface area contributed by atoms with E-state index in [-0.39, 0.29) is 0 Å². The Kier molecular flexibility index (Phi) is 3.34. The summed E-state index contributed by atoms with van der Waals surface area (Å²) >= 11 is 0. The SMILES string of the molecule is C/C(C=O)=C(C)/C=C1/c2nc3ccccc3cc2CN1C. The molecule has 0 bridgehead atoms. The van der Waals surface area contributed by atoms with Crippen molar-refractivity contribution in [2.45, 2.75) is 20.4 Å². The summed E-state index contributed by atoms with van der Waals surface area (Å²) in [6.07, 6.45) is 2.95. The Bertz CT molecular complexity index is 787. The van der Waals surface area contributed by atoms with Gasteiger partial charge in [0.1, 0.15) is 6.29 Å². The molecule has 21 heavy (non-hydrogen) atoms. The molecule has 0 amide bonds. The molecular formula is C18H18N2O. The number of aldehydes is 1. The van der Waals surface area contributed by atoms with Crippen molar-refractivity contribution >= 4 is 22.9 Å². The van der Waals surface area contributed by atoms with Crippen LogP contribution in [0.5, 0.6) is 0 Å². The first kappa shape index (κ1) is 13.6. The number of hydrogen-bond donors (Lipinski definition) is 0. The van der Waals surface area contributed by atoms with Gasteiger partial charge in [-0.3, -0.25) is 4.79 Å². The fraction of sp³-hybridized carbons (Fsp3) is 0.222. The second-order valence-corrected chi connectivity index (χ2v) is 5.56. The topological polar surface area (TPSA) is 33.2 Å². The quantitative estimate of drug-likeness (QED) is 0.622. The highest BCUT2D eigenvalue weighted by Gasteiger charge is 2.23. The Balaban J connectivity index is 2.17. The van der Waals surface area contributed by atoms with Crippen LogP contribution in [0, 0.1) is 0 Å². The van der Waals surface area contributed by atoms with Gasteiger partial charge in [0.25, 0.3) is 0 Å². The molecule has 0 aliphatic carbocycles. The number of nitrogens with zero attached hydrogens (tertiary/aromatic N) is 2. The fourth-order valence-corrected chi connectivity index (χ4v) is 2.61. The molecule has 1 aliphatic heterocycles. The van der Waals surface area contributed by atoms with E-state index in [0.29, 0.717) is 0 Å². The second kappa shape index (κ2) is 5.17. The highest BCUT2D eigenvalue weighted by atomic mass is 16.1. The van der Waals surface area contributed by atoms with E-state index in [2.05, 4.69) is 30.2 Å². The first-order chi connectivity index (χ1) is 10.1. The summed E-state index contributed by atoms with van der Waals surface area (Å²) in [4.78, 5) is 17.9. The molecular weight excluding hydrogens is 260 g/mol. The summed E-state index contributed by atoms with van der Waals surface area (Å²) in [5.74, 6) is 0. The number of fused-ring (bicyclic) bond motifs is 2. The molecule has 106 valence electrons. The van der Waals surface area contributed by atoms with E-state index in [0.717, 1.165) is 40.9 Å². The Morgan fingerprint density at radius 1 is 1.24 bits per heavy atom. The highest BCUT2D eigenvalue weighted by Crippen LogP contribution is 2.33. The van der Waals surface area contributed by atoms with Gasteiger partial charge in [-0.2, -0.15) is 0 Å². The number of para-hydroxylation sites is 1. The van der Waals surface area contributed by atoms with Crippen LogP contribution in [0.1, 0.15) is 25.1 Å². The molecule has 0 fully saturated rings. The first-order valence-corrected chi connectivity index (χ1v) is 7.04. The normalized spacial score (nSPS) is 17.1. The molecule has 2 heterocycles. The van der Waals surface area contributed by atoms with Gasteiger partial charge in [-0.1, -0.05) is 18.2 Å². The third-order valence-corrected chi connectivity index (χ3v) is 4.02. The van der Waals surface area contributed by atoms with Gasteiger partial charge in [0, 0.05) is 19.0 Å². The van der Waals surface area contributed by atoms with Crippen LogP contribution in [-0.2, 0) is 11.3 Å². The summed E-state index contributed by atoms with van der Waals surface area (Å²) in [7, 11) is 2.06. The molecule has 3 rings (SSSR count). The van der Waals surface area contributed by atoms with Crippen LogP contribution in [0.4, 0.5) is 0 Å². The van der Waals surface area contributed by atoms with Crippen molar-refractivity contribution in [3.05, 3.63) is 58.8 Å². The number of allylic oxidation sites excluding steroid dienone is 3. The number of pyridine rings is 1. The Morgan fingerprint density at radius 2 is 2.00 bits per heavy atom. The minimum Gasteiger partial charge on any atom is -0.368 e. The van der Waals surface area contributed by atoms with E-state index in [4.69, 9.17) is 4.98 Å². The van der Waals surface area contributed by atoms with Crippen LogP contribution in [0.2, 0.25) is 0 Å². The molecule has 0 unspecified atom stereocenters. The van der Waals surface area contributed by atoms with Crippen molar-refractivity contribution in [3.8, 4) is 0 Å². The monoisotopic (exact) mass is 278 g/mol. The van der Waals surface area contributed by atoms with Crippen molar-refractivity contribution < 1.29 is 4.79 Å². The number of rotatable bonds is 2. The van der Waals surface area contributed by atoms with Gasteiger partial charge in [-0.25, -0.2) is 4.98 Å². The van der Waals surface area contributed by atoms with Gasteiger partial charge < -0.3 is 4.90 Å². The summed E-state index contributed by atoms with van der Waals surface area (Å²) < 4.78 is 0. The molecule has 0 radical (unpaired) electrons. The van der Waals surface area contributed by atoms with E-state index in [1.807, 2.05) is 32.0 Å². The van der Waals surface area contributed by atoms with Crippen molar-refractivity contribution in [1.82, 2.24) is 9.88 Å². The van der Waals surface area contributed by atoms with Crippen molar-refractivity contribution in [2.75, 3.05) is 7.05 Å². The van der Waals surface area contributed by atoms with E-state index in [9.17, 15) is 4.79 Å². The molecule has 0 atom stereocenters.